The molecule has 0 aromatic carbocycles. The van der Waals surface area contributed by atoms with Crippen molar-refractivity contribution >= 4 is 15.9 Å². The molecular formula is C10H11BrFNO. The van der Waals surface area contributed by atoms with E-state index in [1.165, 1.54) is 6.20 Å². The summed E-state index contributed by atoms with van der Waals surface area (Å²) in [5, 5.41) is 0. The van der Waals surface area contributed by atoms with E-state index in [2.05, 4.69) is 20.9 Å². The van der Waals surface area contributed by atoms with Crippen LogP contribution in [-0.4, -0.2) is 11.1 Å². The Balaban J connectivity index is 2.21. The lowest BCUT2D eigenvalue weighted by atomic mass is 10.3. The molecule has 2 nitrogen and oxygen atoms in total. The summed E-state index contributed by atoms with van der Waals surface area (Å²) in [7, 11) is 0. The van der Waals surface area contributed by atoms with Gasteiger partial charge < -0.3 is 4.74 Å². The van der Waals surface area contributed by atoms with Crippen molar-refractivity contribution in [1.29, 1.82) is 0 Å². The quantitative estimate of drug-likeness (QED) is 0.778. The summed E-state index contributed by atoms with van der Waals surface area (Å²) in [5.41, 5.74) is 0.794. The van der Waals surface area contributed by atoms with Crippen molar-refractivity contribution in [3.05, 3.63) is 23.8 Å². The van der Waals surface area contributed by atoms with Crippen molar-refractivity contribution in [1.82, 2.24) is 4.98 Å². The lowest BCUT2D eigenvalue weighted by Crippen LogP contribution is -2.01. The summed E-state index contributed by atoms with van der Waals surface area (Å²) in [4.78, 5) is 4.08. The van der Waals surface area contributed by atoms with Crippen molar-refractivity contribution in [3.63, 3.8) is 0 Å². The van der Waals surface area contributed by atoms with Crippen molar-refractivity contribution in [2.24, 2.45) is 0 Å². The molecule has 1 aromatic heterocycles. The van der Waals surface area contributed by atoms with Gasteiger partial charge in [0.2, 0.25) is 0 Å². The van der Waals surface area contributed by atoms with Crippen LogP contribution in [0, 0.1) is 5.82 Å². The Morgan fingerprint density at radius 2 is 2.36 bits per heavy atom. The van der Waals surface area contributed by atoms with Crippen LogP contribution in [0.1, 0.15) is 30.3 Å². The highest BCUT2D eigenvalue weighted by Crippen LogP contribution is 2.30. The van der Waals surface area contributed by atoms with Gasteiger partial charge in [-0.2, -0.15) is 0 Å². The van der Waals surface area contributed by atoms with Crippen LogP contribution in [0.3, 0.4) is 0 Å². The van der Waals surface area contributed by atoms with E-state index in [9.17, 15) is 4.39 Å². The third-order valence-electron chi connectivity index (χ3n) is 2.07. The number of ether oxygens (including phenoxy) is 1. The fraction of sp³-hybridized carbons (Fsp3) is 0.500. The van der Waals surface area contributed by atoms with Crippen LogP contribution in [-0.2, 0) is 0 Å². The highest BCUT2D eigenvalue weighted by Gasteiger charge is 2.25. The summed E-state index contributed by atoms with van der Waals surface area (Å²) in [6.45, 7) is 1.95. The van der Waals surface area contributed by atoms with Crippen LogP contribution in [0.2, 0.25) is 0 Å². The monoisotopic (exact) mass is 259 g/mol. The minimum Gasteiger partial charge on any atom is -0.487 e. The molecule has 0 amide bonds. The second-order valence-corrected chi connectivity index (χ2v) is 4.85. The molecule has 0 N–H and O–H groups in total. The van der Waals surface area contributed by atoms with Crippen molar-refractivity contribution < 1.29 is 9.13 Å². The molecule has 2 rings (SSSR count). The second kappa shape index (κ2) is 3.85. The van der Waals surface area contributed by atoms with Gasteiger partial charge in [0.05, 0.1) is 22.8 Å². The Morgan fingerprint density at radius 1 is 1.64 bits per heavy atom. The van der Waals surface area contributed by atoms with Gasteiger partial charge >= 0.3 is 0 Å². The van der Waals surface area contributed by atoms with Crippen LogP contribution in [0.15, 0.2) is 12.3 Å². The third-order valence-corrected chi connectivity index (χ3v) is 2.54. The van der Waals surface area contributed by atoms with Gasteiger partial charge in [0, 0.05) is 6.07 Å². The van der Waals surface area contributed by atoms with Gasteiger partial charge in [-0.05, 0) is 19.8 Å². The molecule has 4 heteroatoms. The van der Waals surface area contributed by atoms with E-state index < -0.39 is 0 Å². The van der Waals surface area contributed by atoms with Crippen molar-refractivity contribution in [2.45, 2.75) is 30.7 Å². The highest BCUT2D eigenvalue weighted by atomic mass is 79.9. The fourth-order valence-corrected chi connectivity index (χ4v) is 1.36. The molecule has 0 aliphatic heterocycles. The van der Waals surface area contributed by atoms with Gasteiger partial charge in [-0.1, -0.05) is 15.9 Å². The average molecular weight is 260 g/mol. The molecular weight excluding hydrogens is 249 g/mol. The molecule has 1 heterocycles. The van der Waals surface area contributed by atoms with Gasteiger partial charge in [0.15, 0.2) is 11.6 Å². The largest absolute Gasteiger partial charge is 0.487 e. The molecule has 1 aliphatic carbocycles. The third kappa shape index (κ3) is 2.23. The molecule has 1 aliphatic rings. The van der Waals surface area contributed by atoms with E-state index in [0.29, 0.717) is 5.75 Å². The summed E-state index contributed by atoms with van der Waals surface area (Å²) in [6.07, 6.45) is 3.48. The molecule has 1 atom stereocenters. The van der Waals surface area contributed by atoms with Crippen LogP contribution >= 0.6 is 15.9 Å². The predicted octanol–water partition coefficient (Wildman–Crippen LogP) is 3.22. The maximum Gasteiger partial charge on any atom is 0.183 e. The number of halogens is 2. The first-order chi connectivity index (χ1) is 6.66. The zero-order valence-corrected chi connectivity index (χ0v) is 9.42. The Morgan fingerprint density at radius 3 is 2.93 bits per heavy atom. The van der Waals surface area contributed by atoms with E-state index >= 15 is 0 Å². The molecule has 76 valence electrons. The van der Waals surface area contributed by atoms with E-state index in [1.807, 2.05) is 6.92 Å². The number of rotatable bonds is 3. The Bertz CT molecular complexity index is 339. The smallest absolute Gasteiger partial charge is 0.183 e. The predicted molar refractivity (Wildman–Crippen MR) is 55.2 cm³/mol. The number of aromatic nitrogens is 1. The van der Waals surface area contributed by atoms with Crippen LogP contribution in [0.4, 0.5) is 4.39 Å². The molecule has 0 bridgehead atoms. The average Bonchev–Trinajstić information content (AvgIpc) is 2.92. The Labute approximate surface area is 90.6 Å². The van der Waals surface area contributed by atoms with Gasteiger partial charge in [-0.15, -0.1) is 0 Å². The lowest BCUT2D eigenvalue weighted by molar-refractivity contribution is 0.286. The maximum atomic E-state index is 13.2. The van der Waals surface area contributed by atoms with E-state index in [0.717, 1.165) is 18.5 Å². The van der Waals surface area contributed by atoms with Crippen molar-refractivity contribution in [3.8, 4) is 5.75 Å². The summed E-state index contributed by atoms with van der Waals surface area (Å²) >= 11 is 3.38. The van der Waals surface area contributed by atoms with Crippen LogP contribution in [0.5, 0.6) is 5.75 Å². The number of nitrogens with zero attached hydrogens (tertiary/aromatic N) is 1. The molecule has 0 radical (unpaired) electrons. The summed E-state index contributed by atoms with van der Waals surface area (Å²) < 4.78 is 18.6. The first-order valence-electron chi connectivity index (χ1n) is 4.63. The topological polar surface area (TPSA) is 22.1 Å². The van der Waals surface area contributed by atoms with E-state index in [4.69, 9.17) is 4.74 Å². The normalized spacial score (nSPS) is 17.9. The molecule has 1 saturated carbocycles. The SMILES string of the molecule is CC(Br)c1cc(OC2CC2)c(F)cn1. The van der Waals surface area contributed by atoms with Crippen LogP contribution < -0.4 is 4.74 Å². The molecule has 0 saturated heterocycles. The number of pyridine rings is 1. The molecule has 1 fully saturated rings. The first kappa shape index (κ1) is 9.90. The number of hydrogen-bond acceptors (Lipinski definition) is 2. The second-order valence-electron chi connectivity index (χ2n) is 3.47. The zero-order valence-electron chi connectivity index (χ0n) is 7.84. The van der Waals surface area contributed by atoms with Gasteiger partial charge in [-0.25, -0.2) is 4.39 Å². The number of hydrogen-bond donors (Lipinski definition) is 0. The Hall–Kier alpha value is -0.640. The molecule has 14 heavy (non-hydrogen) atoms. The minimum absolute atomic E-state index is 0.115. The van der Waals surface area contributed by atoms with Crippen LogP contribution in [0.25, 0.3) is 0 Å². The molecule has 0 spiro atoms. The van der Waals surface area contributed by atoms with E-state index in [1.54, 1.807) is 6.07 Å². The number of alkyl halides is 1. The van der Waals surface area contributed by atoms with Crippen molar-refractivity contribution in [2.75, 3.05) is 0 Å². The van der Waals surface area contributed by atoms with Gasteiger partial charge in [-0.3, -0.25) is 4.98 Å². The Kier molecular flexibility index (Phi) is 2.72. The summed E-state index contributed by atoms with van der Waals surface area (Å²) in [5.74, 6) is -0.0578. The standard InChI is InChI=1S/C10H11BrFNO/c1-6(11)9-4-10(8(12)5-13-9)14-7-2-3-7/h4-7H,2-3H2,1H3. The first-order valence-corrected chi connectivity index (χ1v) is 5.54. The van der Waals surface area contributed by atoms with Gasteiger partial charge in [0.1, 0.15) is 0 Å². The zero-order chi connectivity index (χ0) is 10.1. The molecule has 1 aromatic rings. The van der Waals surface area contributed by atoms with Gasteiger partial charge in [0.25, 0.3) is 0 Å². The lowest BCUT2D eigenvalue weighted by Gasteiger charge is -2.08. The minimum atomic E-state index is -0.381. The highest BCUT2D eigenvalue weighted by molar-refractivity contribution is 9.09. The maximum absolute atomic E-state index is 13.2. The molecule has 1 unspecified atom stereocenters. The summed E-state index contributed by atoms with van der Waals surface area (Å²) in [6, 6.07) is 1.66. The van der Waals surface area contributed by atoms with E-state index in [-0.39, 0.29) is 16.7 Å². The fourth-order valence-electron chi connectivity index (χ4n) is 1.11.